The fraction of sp³-hybridized carbons (Fsp3) is 0.583. The lowest BCUT2D eigenvalue weighted by Gasteiger charge is -2.34. The van der Waals surface area contributed by atoms with Crippen LogP contribution in [-0.4, -0.2) is 67.1 Å². The van der Waals surface area contributed by atoms with Gasteiger partial charge in [0.25, 0.3) is 5.91 Å². The first-order valence-electron chi connectivity index (χ1n) is 11.3. The molecule has 1 N–H and O–H groups in total. The number of amides is 1. The molecule has 2 radical (unpaired) electrons. The Labute approximate surface area is 185 Å². The van der Waals surface area contributed by atoms with Crippen molar-refractivity contribution in [3.63, 3.8) is 0 Å². The maximum absolute atomic E-state index is 13.1. The third kappa shape index (κ3) is 5.21. The number of carbonyl (C=O) groups excluding carboxylic acids is 1. The molecule has 2 aromatic rings. The lowest BCUT2D eigenvalue weighted by Crippen LogP contribution is -2.38. The number of nitrogens with zero attached hydrogens (tertiary/aromatic N) is 3. The van der Waals surface area contributed by atoms with Gasteiger partial charge in [-0.25, -0.2) is 0 Å². The van der Waals surface area contributed by atoms with Gasteiger partial charge in [-0.15, -0.1) is 0 Å². The molecule has 2 aliphatic rings. The minimum Gasteiger partial charge on any atom is -0.494 e. The Hall–Kier alpha value is -2.12. The SMILES string of the molecule is COc1cccc2c(C(=O)NC[C@H]3[CH]C(C)(C)[CH]CC3)nn(CCN3CCOCC3)c12. The van der Waals surface area contributed by atoms with E-state index in [1.165, 1.54) is 0 Å². The molecule has 168 valence electrons. The van der Waals surface area contributed by atoms with E-state index in [9.17, 15) is 4.79 Å². The molecule has 1 amide bonds. The zero-order chi connectivity index (χ0) is 21.8. The number of morpholine rings is 1. The highest BCUT2D eigenvalue weighted by Crippen LogP contribution is 2.36. The molecular weight excluding hydrogens is 392 g/mol. The van der Waals surface area contributed by atoms with Gasteiger partial charge in [-0.05, 0) is 43.1 Å². The van der Waals surface area contributed by atoms with E-state index in [1.807, 2.05) is 22.9 Å². The predicted molar refractivity (Wildman–Crippen MR) is 121 cm³/mol. The quantitative estimate of drug-likeness (QED) is 0.737. The van der Waals surface area contributed by atoms with E-state index in [0.29, 0.717) is 24.7 Å². The monoisotopic (exact) mass is 426 g/mol. The fourth-order valence-corrected chi connectivity index (χ4v) is 4.66. The molecule has 1 saturated heterocycles. The van der Waals surface area contributed by atoms with Crippen LogP contribution in [0.4, 0.5) is 0 Å². The van der Waals surface area contributed by atoms with Crippen molar-refractivity contribution in [2.45, 2.75) is 33.2 Å². The van der Waals surface area contributed by atoms with Crippen molar-refractivity contribution in [2.24, 2.45) is 11.3 Å². The first-order chi connectivity index (χ1) is 15.0. The Morgan fingerprint density at radius 1 is 1.29 bits per heavy atom. The lowest BCUT2D eigenvalue weighted by molar-refractivity contribution is 0.0361. The molecule has 1 saturated carbocycles. The molecule has 0 bridgehead atoms. The molecule has 2 heterocycles. The van der Waals surface area contributed by atoms with Crippen molar-refractivity contribution in [3.8, 4) is 5.75 Å². The molecule has 31 heavy (non-hydrogen) atoms. The van der Waals surface area contributed by atoms with Crippen LogP contribution in [0, 0.1) is 24.2 Å². The maximum Gasteiger partial charge on any atom is 0.272 e. The third-order valence-corrected chi connectivity index (χ3v) is 6.30. The molecule has 1 aromatic heterocycles. The summed E-state index contributed by atoms with van der Waals surface area (Å²) in [6.45, 7) is 10.0. The number of aromatic nitrogens is 2. The highest BCUT2D eigenvalue weighted by molar-refractivity contribution is 6.06. The number of rotatable bonds is 7. The van der Waals surface area contributed by atoms with Gasteiger partial charge in [0.05, 0.1) is 26.9 Å². The third-order valence-electron chi connectivity index (χ3n) is 6.30. The number of nitrogens with one attached hydrogen (secondary N) is 1. The van der Waals surface area contributed by atoms with Crippen LogP contribution in [0.15, 0.2) is 18.2 Å². The van der Waals surface area contributed by atoms with Crippen molar-refractivity contribution >= 4 is 16.8 Å². The van der Waals surface area contributed by atoms with Crippen LogP contribution in [0.25, 0.3) is 10.9 Å². The summed E-state index contributed by atoms with van der Waals surface area (Å²) in [7, 11) is 1.66. The summed E-state index contributed by atoms with van der Waals surface area (Å²) in [5, 5.41) is 8.69. The van der Waals surface area contributed by atoms with E-state index in [0.717, 1.165) is 62.3 Å². The molecule has 7 heteroatoms. The van der Waals surface area contributed by atoms with Gasteiger partial charge in [0.2, 0.25) is 0 Å². The molecule has 7 nitrogen and oxygen atoms in total. The molecule has 1 atom stereocenters. The second kappa shape index (κ2) is 9.57. The van der Waals surface area contributed by atoms with Crippen LogP contribution in [-0.2, 0) is 11.3 Å². The van der Waals surface area contributed by atoms with Gasteiger partial charge in [0.15, 0.2) is 5.69 Å². The van der Waals surface area contributed by atoms with Crippen molar-refractivity contribution < 1.29 is 14.3 Å². The molecule has 4 rings (SSSR count). The molecule has 0 unspecified atom stereocenters. The smallest absolute Gasteiger partial charge is 0.272 e. The van der Waals surface area contributed by atoms with Crippen LogP contribution in [0.1, 0.15) is 37.2 Å². The van der Waals surface area contributed by atoms with E-state index in [4.69, 9.17) is 14.6 Å². The Kier molecular flexibility index (Phi) is 6.82. The average molecular weight is 427 g/mol. The van der Waals surface area contributed by atoms with Gasteiger partial charge in [-0.1, -0.05) is 26.0 Å². The van der Waals surface area contributed by atoms with Crippen molar-refractivity contribution in [3.05, 3.63) is 36.7 Å². The number of hydrogen-bond donors (Lipinski definition) is 1. The zero-order valence-corrected chi connectivity index (χ0v) is 18.9. The Bertz CT molecular complexity index is 902. The molecule has 1 aliphatic heterocycles. The van der Waals surface area contributed by atoms with Crippen LogP contribution in [0.5, 0.6) is 5.75 Å². The lowest BCUT2D eigenvalue weighted by atomic mass is 9.72. The number of hydrogen-bond acceptors (Lipinski definition) is 5. The van der Waals surface area contributed by atoms with Crippen LogP contribution < -0.4 is 10.1 Å². The molecule has 1 aromatic carbocycles. The highest BCUT2D eigenvalue weighted by Gasteiger charge is 2.29. The van der Waals surface area contributed by atoms with Gasteiger partial charge >= 0.3 is 0 Å². The summed E-state index contributed by atoms with van der Waals surface area (Å²) in [6, 6.07) is 5.79. The highest BCUT2D eigenvalue weighted by atomic mass is 16.5. The Morgan fingerprint density at radius 2 is 2.10 bits per heavy atom. The van der Waals surface area contributed by atoms with E-state index < -0.39 is 0 Å². The minimum absolute atomic E-state index is 0.120. The van der Waals surface area contributed by atoms with E-state index >= 15 is 0 Å². The number of ether oxygens (including phenoxy) is 2. The number of para-hydroxylation sites is 1. The topological polar surface area (TPSA) is 68.6 Å². The average Bonchev–Trinajstić information content (AvgIpc) is 3.15. The van der Waals surface area contributed by atoms with Crippen molar-refractivity contribution in [2.75, 3.05) is 46.5 Å². The summed E-state index contributed by atoms with van der Waals surface area (Å²) in [6.07, 6.45) is 6.85. The number of fused-ring (bicyclic) bond motifs is 1. The van der Waals surface area contributed by atoms with Crippen LogP contribution in [0.2, 0.25) is 0 Å². The zero-order valence-electron chi connectivity index (χ0n) is 18.9. The van der Waals surface area contributed by atoms with Gasteiger partial charge in [0.1, 0.15) is 11.3 Å². The van der Waals surface area contributed by atoms with Crippen LogP contribution >= 0.6 is 0 Å². The first-order valence-corrected chi connectivity index (χ1v) is 11.3. The summed E-state index contributed by atoms with van der Waals surface area (Å²) in [5.74, 6) is 1.00. The second-order valence-electron chi connectivity index (χ2n) is 9.12. The summed E-state index contributed by atoms with van der Waals surface area (Å²) in [4.78, 5) is 15.5. The molecular formula is C24H34N4O3. The Balaban J connectivity index is 1.50. The minimum atomic E-state index is -0.121. The maximum atomic E-state index is 13.1. The molecule has 0 spiro atoms. The number of carbonyl (C=O) groups is 1. The molecule has 2 fully saturated rings. The number of benzene rings is 1. The predicted octanol–water partition coefficient (Wildman–Crippen LogP) is 2.95. The van der Waals surface area contributed by atoms with Gasteiger partial charge in [-0.2, -0.15) is 5.10 Å². The van der Waals surface area contributed by atoms with Gasteiger partial charge in [-0.3, -0.25) is 14.4 Å². The van der Waals surface area contributed by atoms with Gasteiger partial charge in [0, 0.05) is 31.6 Å². The van der Waals surface area contributed by atoms with Crippen molar-refractivity contribution in [1.82, 2.24) is 20.0 Å². The standard InChI is InChI=1S/C24H34N4O3/c1-24(2)9-5-6-18(16-24)17-25-23(29)21-19-7-4-8-20(30-3)22(19)28(26-21)11-10-27-12-14-31-15-13-27/h4,7-9,16,18H,5-6,10-15,17H2,1-3H3,(H,25,29)/t18-/m1/s1. The Morgan fingerprint density at radius 3 is 2.84 bits per heavy atom. The summed E-state index contributed by atoms with van der Waals surface area (Å²) < 4.78 is 13.0. The van der Waals surface area contributed by atoms with Gasteiger partial charge < -0.3 is 14.8 Å². The normalized spacial score (nSPS) is 21.8. The van der Waals surface area contributed by atoms with Crippen LogP contribution in [0.3, 0.4) is 0 Å². The second-order valence-corrected chi connectivity index (χ2v) is 9.12. The number of methoxy groups -OCH3 is 1. The summed E-state index contributed by atoms with van der Waals surface area (Å²) >= 11 is 0. The van der Waals surface area contributed by atoms with Crippen molar-refractivity contribution in [1.29, 1.82) is 0 Å². The largest absolute Gasteiger partial charge is 0.494 e. The summed E-state index contributed by atoms with van der Waals surface area (Å²) in [5.41, 5.74) is 1.47. The van der Waals surface area contributed by atoms with E-state index in [2.05, 4.69) is 36.9 Å². The first kappa shape index (κ1) is 22.1. The fourth-order valence-electron chi connectivity index (χ4n) is 4.66. The van der Waals surface area contributed by atoms with E-state index in [-0.39, 0.29) is 11.3 Å². The van der Waals surface area contributed by atoms with E-state index in [1.54, 1.807) is 7.11 Å². The molecule has 1 aliphatic carbocycles.